The fourth-order valence-corrected chi connectivity index (χ4v) is 7.42. The van der Waals surface area contributed by atoms with Crippen molar-refractivity contribution in [3.8, 4) is 0 Å². The molecule has 0 aromatic heterocycles. The minimum absolute atomic E-state index is 0.147. The summed E-state index contributed by atoms with van der Waals surface area (Å²) in [6.45, 7) is 10.5. The van der Waals surface area contributed by atoms with Gasteiger partial charge in [0.05, 0.1) is 21.6 Å². The number of hydrogen-bond donors (Lipinski definition) is 0. The first-order valence-electron chi connectivity index (χ1n) is 9.79. The van der Waals surface area contributed by atoms with E-state index in [0.717, 1.165) is 40.2 Å². The van der Waals surface area contributed by atoms with Gasteiger partial charge in [0, 0.05) is 9.79 Å². The maximum Gasteiger partial charge on any atom is 0.122 e. The Balaban J connectivity index is 2.45. The van der Waals surface area contributed by atoms with Gasteiger partial charge in [0.15, 0.2) is 0 Å². The van der Waals surface area contributed by atoms with E-state index in [2.05, 4.69) is 20.8 Å². The highest BCUT2D eigenvalue weighted by atomic mass is 32.2. The molecule has 0 heterocycles. The molecule has 0 fully saturated rings. The van der Waals surface area contributed by atoms with Gasteiger partial charge in [-0.15, -0.1) is 0 Å². The number of benzene rings is 2. The van der Waals surface area contributed by atoms with E-state index in [1.807, 2.05) is 62.4 Å². The zero-order valence-corrected chi connectivity index (χ0v) is 18.7. The van der Waals surface area contributed by atoms with Gasteiger partial charge in [0.25, 0.3) is 0 Å². The molecule has 0 aliphatic heterocycles. The van der Waals surface area contributed by atoms with Crippen molar-refractivity contribution in [2.75, 3.05) is 0 Å². The van der Waals surface area contributed by atoms with Crippen LogP contribution < -0.4 is 0 Å². The van der Waals surface area contributed by atoms with Crippen LogP contribution in [0.2, 0.25) is 0 Å². The minimum atomic E-state index is -1.32. The molecule has 2 aromatic rings. The first-order chi connectivity index (χ1) is 12.8. The molecule has 2 aromatic carbocycles. The van der Waals surface area contributed by atoms with Crippen LogP contribution in [0.5, 0.6) is 0 Å². The Kier molecular flexibility index (Phi) is 8.43. The maximum absolute atomic E-state index is 13.6. The molecular formula is C23H32O2S2. The summed E-state index contributed by atoms with van der Waals surface area (Å²) >= 11 is 0. The number of unbranched alkanes of at least 4 members (excludes halogenated alkanes) is 1. The second-order valence-corrected chi connectivity index (χ2v) is 11.1. The first kappa shape index (κ1) is 22.0. The molecule has 0 unspecified atom stereocenters. The fourth-order valence-electron chi connectivity index (χ4n) is 3.23. The van der Waals surface area contributed by atoms with Crippen molar-refractivity contribution in [3.63, 3.8) is 0 Å². The average molecular weight is 405 g/mol. The smallest absolute Gasteiger partial charge is 0.122 e. The third-order valence-corrected chi connectivity index (χ3v) is 9.09. The number of hydrogen-bond acceptors (Lipinski definition) is 2. The molecule has 2 rings (SSSR count). The van der Waals surface area contributed by atoms with E-state index >= 15 is 0 Å². The largest absolute Gasteiger partial charge is 0.253 e. The second-order valence-electron chi connectivity index (χ2n) is 7.64. The van der Waals surface area contributed by atoms with Crippen LogP contribution in [-0.2, 0) is 21.6 Å². The van der Waals surface area contributed by atoms with Crippen LogP contribution in [-0.4, -0.2) is 13.0 Å². The van der Waals surface area contributed by atoms with E-state index < -0.39 is 26.2 Å². The van der Waals surface area contributed by atoms with Crippen LogP contribution >= 0.6 is 0 Å². The lowest BCUT2D eigenvalue weighted by Crippen LogP contribution is -2.34. The summed E-state index contributed by atoms with van der Waals surface area (Å²) in [5, 5.41) is 0. The summed E-state index contributed by atoms with van der Waals surface area (Å²) in [6, 6.07) is 15.6. The fraction of sp³-hybridized carbons (Fsp3) is 0.478. The predicted octanol–water partition coefficient (Wildman–Crippen LogP) is 6.01. The minimum Gasteiger partial charge on any atom is -0.253 e. The maximum atomic E-state index is 13.6. The van der Waals surface area contributed by atoms with Gasteiger partial charge in [0.1, 0.15) is 4.58 Å². The Bertz CT molecular complexity index is 706. The van der Waals surface area contributed by atoms with Crippen LogP contribution in [0.4, 0.5) is 0 Å². The lowest BCUT2D eigenvalue weighted by atomic mass is 9.92. The molecular weight excluding hydrogens is 372 g/mol. The van der Waals surface area contributed by atoms with Crippen LogP contribution in [0.15, 0.2) is 58.3 Å². The number of rotatable bonds is 9. The van der Waals surface area contributed by atoms with E-state index in [1.165, 1.54) is 0 Å². The molecule has 0 radical (unpaired) electrons. The number of aryl methyl sites for hydroxylation is 2. The van der Waals surface area contributed by atoms with E-state index in [0.29, 0.717) is 5.92 Å². The summed E-state index contributed by atoms with van der Waals surface area (Å²) in [5.41, 5.74) is 2.27. The summed E-state index contributed by atoms with van der Waals surface area (Å²) in [4.78, 5) is 1.54. The topological polar surface area (TPSA) is 34.1 Å². The second kappa shape index (κ2) is 10.3. The molecule has 0 saturated carbocycles. The molecule has 4 heteroatoms. The van der Waals surface area contributed by atoms with Crippen LogP contribution in [0, 0.1) is 25.7 Å². The first-order valence-corrected chi connectivity index (χ1v) is 12.2. The van der Waals surface area contributed by atoms with Gasteiger partial charge in [-0.05, 0) is 56.4 Å². The predicted molar refractivity (Wildman–Crippen MR) is 117 cm³/mol. The summed E-state index contributed by atoms with van der Waals surface area (Å²) in [7, 11) is -2.64. The summed E-state index contributed by atoms with van der Waals surface area (Å²) in [5.74, 6) is 0.472. The molecule has 2 nitrogen and oxygen atoms in total. The zero-order valence-electron chi connectivity index (χ0n) is 17.1. The van der Waals surface area contributed by atoms with Crippen molar-refractivity contribution >= 4 is 21.6 Å². The average Bonchev–Trinajstić information content (AvgIpc) is 2.65. The Labute approximate surface area is 169 Å². The van der Waals surface area contributed by atoms with E-state index in [4.69, 9.17) is 0 Å². The molecule has 0 N–H and O–H groups in total. The molecule has 27 heavy (non-hydrogen) atoms. The highest BCUT2D eigenvalue weighted by Crippen LogP contribution is 2.33. The molecule has 0 spiro atoms. The van der Waals surface area contributed by atoms with Crippen LogP contribution in [0.25, 0.3) is 0 Å². The normalized spacial score (nSPS) is 15.1. The molecule has 0 aliphatic carbocycles. The van der Waals surface area contributed by atoms with Gasteiger partial charge in [-0.25, -0.2) is 0 Å². The van der Waals surface area contributed by atoms with Gasteiger partial charge in [-0.3, -0.25) is 8.42 Å². The van der Waals surface area contributed by atoms with Crippen molar-refractivity contribution in [1.82, 2.24) is 0 Å². The lowest BCUT2D eigenvalue weighted by Gasteiger charge is -2.29. The van der Waals surface area contributed by atoms with E-state index in [9.17, 15) is 8.42 Å². The summed E-state index contributed by atoms with van der Waals surface area (Å²) < 4.78 is 26.7. The van der Waals surface area contributed by atoms with Gasteiger partial charge >= 0.3 is 0 Å². The van der Waals surface area contributed by atoms with E-state index in [-0.39, 0.29) is 5.92 Å². The third-order valence-electron chi connectivity index (χ3n) is 5.03. The third kappa shape index (κ3) is 5.86. The van der Waals surface area contributed by atoms with Crippen molar-refractivity contribution in [2.24, 2.45) is 11.8 Å². The van der Waals surface area contributed by atoms with Crippen molar-refractivity contribution in [1.29, 1.82) is 0 Å². The van der Waals surface area contributed by atoms with Crippen molar-refractivity contribution < 1.29 is 8.42 Å². The highest BCUT2D eigenvalue weighted by molar-refractivity contribution is 8.03. The lowest BCUT2D eigenvalue weighted by molar-refractivity contribution is 0.369. The quantitative estimate of drug-likeness (QED) is 0.513. The van der Waals surface area contributed by atoms with Gasteiger partial charge in [-0.2, -0.15) is 0 Å². The molecule has 3 atom stereocenters. The zero-order chi connectivity index (χ0) is 20.0. The SMILES string of the molecule is CCCC[C@H](C(C)C)C([S@@](=O)c1ccc(C)cc1)[S@@](=O)c1ccc(C)cc1. The standard InChI is InChI=1S/C23H32O2S2/c1-6-7-8-22(17(2)3)23(26(24)20-13-9-18(4)10-14-20)27(25)21-15-11-19(5)12-16-21/h9-17,22-23H,6-8H2,1-5H3/t22-,26+,27+/m1/s1. The van der Waals surface area contributed by atoms with Gasteiger partial charge in [-0.1, -0.05) is 69.0 Å². The Morgan fingerprint density at radius 3 is 1.52 bits per heavy atom. The molecule has 0 aliphatic rings. The monoisotopic (exact) mass is 404 g/mol. The molecule has 0 bridgehead atoms. The van der Waals surface area contributed by atoms with Crippen LogP contribution in [0.1, 0.15) is 51.2 Å². The molecule has 148 valence electrons. The molecule has 0 saturated heterocycles. The van der Waals surface area contributed by atoms with Crippen LogP contribution in [0.3, 0.4) is 0 Å². The van der Waals surface area contributed by atoms with Crippen molar-refractivity contribution in [2.45, 2.75) is 68.3 Å². The van der Waals surface area contributed by atoms with Crippen molar-refractivity contribution in [3.05, 3.63) is 59.7 Å². The Morgan fingerprint density at radius 1 is 0.778 bits per heavy atom. The Morgan fingerprint density at radius 2 is 1.19 bits per heavy atom. The van der Waals surface area contributed by atoms with Gasteiger partial charge in [0.2, 0.25) is 0 Å². The summed E-state index contributed by atoms with van der Waals surface area (Å²) in [6.07, 6.45) is 3.11. The van der Waals surface area contributed by atoms with Gasteiger partial charge < -0.3 is 0 Å². The Hall–Kier alpha value is -1.26. The van der Waals surface area contributed by atoms with E-state index in [1.54, 1.807) is 0 Å². The highest BCUT2D eigenvalue weighted by Gasteiger charge is 2.35. The molecule has 0 amide bonds.